The predicted molar refractivity (Wildman–Crippen MR) is 85.8 cm³/mol. The molecule has 0 aliphatic heterocycles. The Morgan fingerprint density at radius 3 is 2.80 bits per heavy atom. The number of sulfonamides is 1. The van der Waals surface area contributed by atoms with Crippen molar-refractivity contribution in [2.45, 2.75) is 38.3 Å². The lowest BCUT2D eigenvalue weighted by Gasteiger charge is -2.15. The minimum absolute atomic E-state index is 0.0711. The molecule has 0 fully saturated rings. The van der Waals surface area contributed by atoms with Crippen LogP contribution in [0.25, 0.3) is 0 Å². The topological polar surface area (TPSA) is 71.1 Å². The van der Waals surface area contributed by atoms with Gasteiger partial charge in [-0.25, -0.2) is 18.1 Å². The Bertz CT molecular complexity index is 506. The van der Waals surface area contributed by atoms with Gasteiger partial charge in [0, 0.05) is 24.5 Å². The standard InChI is InChI=1S/C13H23N3O2S2/c1-4-8-14-12-7-6-9-15-13(12)20(17,18)16-11(3)10-19-5-2/h6-7,9,11,14,16H,4-5,8,10H2,1-3H3. The van der Waals surface area contributed by atoms with Gasteiger partial charge in [-0.2, -0.15) is 11.8 Å². The van der Waals surface area contributed by atoms with Crippen molar-refractivity contribution in [3.05, 3.63) is 18.3 Å². The normalized spacial score (nSPS) is 13.2. The summed E-state index contributed by atoms with van der Waals surface area (Å²) in [5, 5.41) is 3.17. The second kappa shape index (κ2) is 8.49. The van der Waals surface area contributed by atoms with Crippen LogP contribution in [0.3, 0.4) is 0 Å². The Labute approximate surface area is 126 Å². The second-order valence-electron chi connectivity index (χ2n) is 4.46. The van der Waals surface area contributed by atoms with Crippen molar-refractivity contribution in [2.24, 2.45) is 0 Å². The van der Waals surface area contributed by atoms with Crippen molar-refractivity contribution in [1.82, 2.24) is 9.71 Å². The van der Waals surface area contributed by atoms with Crippen molar-refractivity contribution in [2.75, 3.05) is 23.4 Å². The summed E-state index contributed by atoms with van der Waals surface area (Å²) in [4.78, 5) is 4.02. The number of pyridine rings is 1. The van der Waals surface area contributed by atoms with Crippen molar-refractivity contribution in [1.29, 1.82) is 0 Å². The Morgan fingerprint density at radius 1 is 1.40 bits per heavy atom. The summed E-state index contributed by atoms with van der Waals surface area (Å²) in [7, 11) is -3.59. The van der Waals surface area contributed by atoms with Crippen molar-refractivity contribution < 1.29 is 8.42 Å². The molecule has 1 heterocycles. The quantitative estimate of drug-likeness (QED) is 0.731. The van der Waals surface area contributed by atoms with E-state index in [4.69, 9.17) is 0 Å². The highest BCUT2D eigenvalue weighted by molar-refractivity contribution is 7.99. The van der Waals surface area contributed by atoms with Gasteiger partial charge in [-0.3, -0.25) is 0 Å². The zero-order valence-electron chi connectivity index (χ0n) is 12.2. The summed E-state index contributed by atoms with van der Waals surface area (Å²) in [6.07, 6.45) is 2.42. The van der Waals surface area contributed by atoms with Gasteiger partial charge < -0.3 is 5.32 Å². The third-order valence-corrected chi connectivity index (χ3v) is 5.21. The molecule has 1 rings (SSSR count). The van der Waals surface area contributed by atoms with Crippen LogP contribution in [0.5, 0.6) is 0 Å². The molecule has 0 amide bonds. The molecule has 0 aromatic carbocycles. The number of thioether (sulfide) groups is 1. The molecule has 1 atom stereocenters. The summed E-state index contributed by atoms with van der Waals surface area (Å²) in [5.74, 6) is 1.72. The van der Waals surface area contributed by atoms with Gasteiger partial charge in [-0.1, -0.05) is 13.8 Å². The van der Waals surface area contributed by atoms with Crippen LogP contribution >= 0.6 is 11.8 Å². The molecule has 114 valence electrons. The van der Waals surface area contributed by atoms with E-state index in [2.05, 4.69) is 21.9 Å². The summed E-state index contributed by atoms with van der Waals surface area (Å²) in [6, 6.07) is 3.35. The first-order chi connectivity index (χ1) is 9.51. The molecule has 1 unspecified atom stereocenters. The van der Waals surface area contributed by atoms with E-state index in [-0.39, 0.29) is 11.1 Å². The lowest BCUT2D eigenvalue weighted by atomic mass is 10.4. The van der Waals surface area contributed by atoms with Crippen molar-refractivity contribution >= 4 is 27.5 Å². The minimum Gasteiger partial charge on any atom is -0.383 e. The van der Waals surface area contributed by atoms with Crippen LogP contribution in [0.2, 0.25) is 0 Å². The summed E-state index contributed by atoms with van der Waals surface area (Å²) in [5.41, 5.74) is 0.553. The number of nitrogens with zero attached hydrogens (tertiary/aromatic N) is 1. The summed E-state index contributed by atoms with van der Waals surface area (Å²) in [6.45, 7) is 6.66. The maximum absolute atomic E-state index is 12.4. The molecule has 20 heavy (non-hydrogen) atoms. The van der Waals surface area contributed by atoms with Crippen LogP contribution < -0.4 is 10.0 Å². The average Bonchev–Trinajstić information content (AvgIpc) is 2.42. The Morgan fingerprint density at radius 2 is 2.15 bits per heavy atom. The van der Waals surface area contributed by atoms with Gasteiger partial charge in [0.05, 0.1) is 5.69 Å². The van der Waals surface area contributed by atoms with E-state index in [0.29, 0.717) is 5.69 Å². The molecule has 0 aliphatic rings. The van der Waals surface area contributed by atoms with Gasteiger partial charge in [0.2, 0.25) is 0 Å². The first-order valence-corrected chi connectivity index (χ1v) is 9.44. The Hall–Kier alpha value is -0.790. The molecular formula is C13H23N3O2S2. The molecule has 7 heteroatoms. The zero-order valence-corrected chi connectivity index (χ0v) is 13.9. The zero-order chi connectivity index (χ0) is 15.0. The lowest BCUT2D eigenvalue weighted by molar-refractivity contribution is 0.567. The third kappa shape index (κ3) is 5.30. The van der Waals surface area contributed by atoms with Crippen LogP contribution in [-0.4, -0.2) is 37.5 Å². The molecule has 5 nitrogen and oxygen atoms in total. The number of nitrogens with one attached hydrogen (secondary N) is 2. The van der Waals surface area contributed by atoms with Crippen molar-refractivity contribution in [3.63, 3.8) is 0 Å². The third-order valence-electron chi connectivity index (χ3n) is 2.52. The van der Waals surface area contributed by atoms with E-state index in [1.54, 1.807) is 23.9 Å². The molecule has 1 aromatic heterocycles. The number of hydrogen-bond acceptors (Lipinski definition) is 5. The maximum Gasteiger partial charge on any atom is 0.260 e. The molecular weight excluding hydrogens is 294 g/mol. The fraction of sp³-hybridized carbons (Fsp3) is 0.615. The second-order valence-corrected chi connectivity index (χ2v) is 7.41. The smallest absolute Gasteiger partial charge is 0.260 e. The van der Waals surface area contributed by atoms with Crippen molar-refractivity contribution in [3.8, 4) is 0 Å². The van der Waals surface area contributed by atoms with Crippen LogP contribution in [0.1, 0.15) is 27.2 Å². The van der Waals surface area contributed by atoms with Crippen LogP contribution in [0, 0.1) is 0 Å². The van der Waals surface area contributed by atoms with E-state index in [1.165, 1.54) is 6.20 Å². The highest BCUT2D eigenvalue weighted by Crippen LogP contribution is 2.18. The molecule has 2 N–H and O–H groups in total. The van der Waals surface area contributed by atoms with Gasteiger partial charge in [0.15, 0.2) is 5.03 Å². The number of hydrogen-bond donors (Lipinski definition) is 2. The number of rotatable bonds is 9. The largest absolute Gasteiger partial charge is 0.383 e. The Balaban J connectivity index is 2.86. The number of aromatic nitrogens is 1. The monoisotopic (exact) mass is 317 g/mol. The predicted octanol–water partition coefficient (Wildman–Crippen LogP) is 2.32. The van der Waals surface area contributed by atoms with E-state index in [9.17, 15) is 8.42 Å². The van der Waals surface area contributed by atoms with Gasteiger partial charge in [-0.15, -0.1) is 0 Å². The molecule has 0 saturated carbocycles. The molecule has 0 radical (unpaired) electrons. The molecule has 0 spiro atoms. The van der Waals surface area contributed by atoms with E-state index in [0.717, 1.165) is 24.5 Å². The van der Waals surface area contributed by atoms with Gasteiger partial charge in [-0.05, 0) is 31.2 Å². The Kier molecular flexibility index (Phi) is 7.32. The molecule has 0 saturated heterocycles. The summed E-state index contributed by atoms with van der Waals surface area (Å²) < 4.78 is 27.4. The number of anilines is 1. The summed E-state index contributed by atoms with van der Waals surface area (Å²) >= 11 is 1.71. The van der Waals surface area contributed by atoms with E-state index >= 15 is 0 Å². The average molecular weight is 317 g/mol. The van der Waals surface area contributed by atoms with Gasteiger partial charge in [0.25, 0.3) is 10.0 Å². The highest BCUT2D eigenvalue weighted by atomic mass is 32.2. The fourth-order valence-corrected chi connectivity index (χ4v) is 3.78. The first kappa shape index (κ1) is 17.3. The van der Waals surface area contributed by atoms with Gasteiger partial charge >= 0.3 is 0 Å². The van der Waals surface area contributed by atoms with E-state index < -0.39 is 10.0 Å². The van der Waals surface area contributed by atoms with E-state index in [1.807, 2.05) is 13.8 Å². The first-order valence-electron chi connectivity index (χ1n) is 6.80. The maximum atomic E-state index is 12.4. The molecule has 1 aromatic rings. The highest BCUT2D eigenvalue weighted by Gasteiger charge is 2.22. The van der Waals surface area contributed by atoms with Gasteiger partial charge in [0.1, 0.15) is 0 Å². The molecule has 0 aliphatic carbocycles. The van der Waals surface area contributed by atoms with Crippen LogP contribution in [-0.2, 0) is 10.0 Å². The SMILES string of the molecule is CCCNc1cccnc1S(=O)(=O)NC(C)CSCC. The fourth-order valence-electron chi connectivity index (χ4n) is 1.65. The molecule has 0 bridgehead atoms. The lowest BCUT2D eigenvalue weighted by Crippen LogP contribution is -2.35. The minimum atomic E-state index is -3.59. The van der Waals surface area contributed by atoms with Crippen LogP contribution in [0.4, 0.5) is 5.69 Å². The van der Waals surface area contributed by atoms with Crippen LogP contribution in [0.15, 0.2) is 23.4 Å².